The number of anilines is 1. The Kier molecular flexibility index (Phi) is 7.00. The van der Waals surface area contributed by atoms with Crippen molar-refractivity contribution in [3.05, 3.63) is 114 Å². The maximum atomic E-state index is 13.7. The van der Waals surface area contributed by atoms with Crippen LogP contribution in [0.3, 0.4) is 0 Å². The molecule has 0 N–H and O–H groups in total. The molecule has 180 valence electrons. The Bertz CT molecular complexity index is 1480. The Balaban J connectivity index is 1.41. The molecule has 0 bridgehead atoms. The highest BCUT2D eigenvalue weighted by Crippen LogP contribution is 2.31. The Morgan fingerprint density at radius 2 is 1.69 bits per heavy atom. The van der Waals surface area contributed by atoms with Crippen LogP contribution in [0.2, 0.25) is 0 Å². The molecule has 0 unspecified atom stereocenters. The maximum Gasteiger partial charge on any atom is 0.260 e. The fraction of sp³-hybridized carbons (Fsp3) is 0.172. The third-order valence-electron chi connectivity index (χ3n) is 6.11. The average Bonchev–Trinajstić information content (AvgIpc) is 3.60. The van der Waals surface area contributed by atoms with Gasteiger partial charge >= 0.3 is 0 Å². The molecular formula is C29H26N4O2S. The molecule has 36 heavy (non-hydrogen) atoms. The number of carbonyl (C=O) groups is 2. The van der Waals surface area contributed by atoms with Crippen LogP contribution in [0.1, 0.15) is 45.2 Å². The van der Waals surface area contributed by atoms with Crippen molar-refractivity contribution in [3.63, 3.8) is 0 Å². The number of aryl methyl sites for hydroxylation is 2. The van der Waals surface area contributed by atoms with Crippen LogP contribution >= 0.6 is 11.3 Å². The van der Waals surface area contributed by atoms with Crippen molar-refractivity contribution >= 4 is 38.4 Å². The molecule has 3 aromatic carbocycles. The number of ketones is 1. The van der Waals surface area contributed by atoms with E-state index in [-0.39, 0.29) is 11.7 Å². The zero-order chi connectivity index (χ0) is 24.9. The first kappa shape index (κ1) is 23.6. The van der Waals surface area contributed by atoms with E-state index in [1.807, 2.05) is 35.0 Å². The third-order valence-corrected chi connectivity index (χ3v) is 7.15. The van der Waals surface area contributed by atoms with Crippen molar-refractivity contribution in [2.45, 2.75) is 26.3 Å². The monoisotopic (exact) mass is 494 g/mol. The Labute approximate surface area is 213 Å². The van der Waals surface area contributed by atoms with Gasteiger partial charge < -0.3 is 4.57 Å². The number of thiazole rings is 1. The lowest BCUT2D eigenvalue weighted by atomic mass is 10.0. The molecule has 0 saturated carbocycles. The summed E-state index contributed by atoms with van der Waals surface area (Å²) in [4.78, 5) is 37.1. The summed E-state index contributed by atoms with van der Waals surface area (Å²) in [6, 6.07) is 22.3. The van der Waals surface area contributed by atoms with Gasteiger partial charge in [0.2, 0.25) is 0 Å². The molecule has 0 aliphatic rings. The van der Waals surface area contributed by atoms with Gasteiger partial charge in [0.1, 0.15) is 0 Å². The molecule has 6 nitrogen and oxygen atoms in total. The summed E-state index contributed by atoms with van der Waals surface area (Å²) in [7, 11) is 0. The summed E-state index contributed by atoms with van der Waals surface area (Å²) in [5, 5.41) is 0.679. The van der Waals surface area contributed by atoms with E-state index >= 15 is 0 Å². The molecule has 0 radical (unpaired) electrons. The quantitative estimate of drug-likeness (QED) is 0.235. The van der Waals surface area contributed by atoms with Crippen molar-refractivity contribution in [1.29, 1.82) is 0 Å². The fourth-order valence-electron chi connectivity index (χ4n) is 4.08. The molecule has 2 heterocycles. The smallest absolute Gasteiger partial charge is 0.260 e. The first-order chi connectivity index (χ1) is 17.6. The van der Waals surface area contributed by atoms with E-state index in [0.29, 0.717) is 28.4 Å². The first-order valence-electron chi connectivity index (χ1n) is 12.0. The number of amides is 1. The number of imidazole rings is 1. The summed E-state index contributed by atoms with van der Waals surface area (Å²) >= 11 is 1.53. The normalized spacial score (nSPS) is 11.0. The third kappa shape index (κ3) is 5.11. The van der Waals surface area contributed by atoms with Gasteiger partial charge in [-0.15, -0.1) is 0 Å². The highest BCUT2D eigenvalue weighted by atomic mass is 32.1. The molecular weight excluding hydrogens is 468 g/mol. The van der Waals surface area contributed by atoms with Gasteiger partial charge in [-0.3, -0.25) is 14.5 Å². The Morgan fingerprint density at radius 1 is 0.944 bits per heavy atom. The van der Waals surface area contributed by atoms with Gasteiger partial charge in [0.05, 0.1) is 16.5 Å². The van der Waals surface area contributed by atoms with Gasteiger partial charge in [-0.2, -0.15) is 0 Å². The summed E-state index contributed by atoms with van der Waals surface area (Å²) in [6.45, 7) is 3.39. The largest absolute Gasteiger partial charge is 0.337 e. The van der Waals surface area contributed by atoms with Crippen molar-refractivity contribution in [2.75, 3.05) is 11.4 Å². The predicted octanol–water partition coefficient (Wildman–Crippen LogP) is 6.02. The zero-order valence-electron chi connectivity index (χ0n) is 20.0. The summed E-state index contributed by atoms with van der Waals surface area (Å²) < 4.78 is 3.07. The number of benzene rings is 3. The topological polar surface area (TPSA) is 68.1 Å². The first-order valence-corrected chi connectivity index (χ1v) is 12.8. The number of carbonyl (C=O) groups excluding carboxylic acids is 2. The van der Waals surface area contributed by atoms with Crippen molar-refractivity contribution in [3.8, 4) is 0 Å². The SMILES string of the molecule is CCc1ccc2nc(N(CCCn3ccnc3)C(=O)c3ccc(C(=O)c4ccccc4)cc3)sc2c1. The van der Waals surface area contributed by atoms with Crippen molar-refractivity contribution in [1.82, 2.24) is 14.5 Å². The number of hydrogen-bond donors (Lipinski definition) is 0. The van der Waals surface area contributed by atoms with Crippen LogP contribution in [-0.2, 0) is 13.0 Å². The minimum Gasteiger partial charge on any atom is -0.337 e. The van der Waals surface area contributed by atoms with Crippen LogP contribution in [0.5, 0.6) is 0 Å². The van der Waals surface area contributed by atoms with Gasteiger partial charge in [-0.1, -0.05) is 66.8 Å². The molecule has 0 saturated heterocycles. The molecule has 0 spiro atoms. The van der Waals surface area contributed by atoms with Gasteiger partial charge in [0.25, 0.3) is 5.91 Å². The van der Waals surface area contributed by atoms with Crippen LogP contribution in [0.4, 0.5) is 5.13 Å². The number of nitrogens with zero attached hydrogens (tertiary/aromatic N) is 4. The lowest BCUT2D eigenvalue weighted by Crippen LogP contribution is -2.32. The molecule has 2 aromatic heterocycles. The molecule has 0 aliphatic heterocycles. The number of hydrogen-bond acceptors (Lipinski definition) is 5. The molecule has 0 atom stereocenters. The molecule has 5 rings (SSSR count). The molecule has 7 heteroatoms. The minimum atomic E-state index is -0.130. The predicted molar refractivity (Wildman–Crippen MR) is 144 cm³/mol. The van der Waals surface area contributed by atoms with E-state index in [1.54, 1.807) is 53.8 Å². The second-order valence-electron chi connectivity index (χ2n) is 8.54. The highest BCUT2D eigenvalue weighted by molar-refractivity contribution is 7.22. The van der Waals surface area contributed by atoms with Gasteiger partial charge in [0.15, 0.2) is 10.9 Å². The van der Waals surface area contributed by atoms with E-state index in [1.165, 1.54) is 16.9 Å². The maximum absolute atomic E-state index is 13.7. The van der Waals surface area contributed by atoms with E-state index < -0.39 is 0 Å². The van der Waals surface area contributed by atoms with E-state index in [0.717, 1.165) is 29.6 Å². The summed E-state index contributed by atoms with van der Waals surface area (Å²) in [5.41, 5.74) is 3.84. The number of rotatable bonds is 9. The van der Waals surface area contributed by atoms with E-state index in [9.17, 15) is 9.59 Å². The number of fused-ring (bicyclic) bond motifs is 1. The second kappa shape index (κ2) is 10.7. The van der Waals surface area contributed by atoms with Gasteiger partial charge in [0, 0.05) is 42.2 Å². The van der Waals surface area contributed by atoms with Crippen molar-refractivity contribution in [2.24, 2.45) is 0 Å². The van der Waals surface area contributed by atoms with Crippen LogP contribution in [-0.4, -0.2) is 32.8 Å². The van der Waals surface area contributed by atoms with Crippen LogP contribution in [0.15, 0.2) is 91.5 Å². The van der Waals surface area contributed by atoms with Crippen LogP contribution in [0, 0.1) is 0 Å². The summed E-state index contributed by atoms with van der Waals surface area (Å²) in [6.07, 6.45) is 7.14. The molecule has 0 aliphatic carbocycles. The average molecular weight is 495 g/mol. The van der Waals surface area contributed by atoms with Crippen LogP contribution < -0.4 is 4.90 Å². The van der Waals surface area contributed by atoms with Gasteiger partial charge in [-0.25, -0.2) is 9.97 Å². The van der Waals surface area contributed by atoms with E-state index in [2.05, 4.69) is 24.0 Å². The summed E-state index contributed by atoms with van der Waals surface area (Å²) in [5.74, 6) is -0.196. The van der Waals surface area contributed by atoms with Gasteiger partial charge in [-0.05, 0) is 42.7 Å². The van der Waals surface area contributed by atoms with E-state index in [4.69, 9.17) is 4.98 Å². The lowest BCUT2D eigenvalue weighted by molar-refractivity contribution is 0.0984. The minimum absolute atomic E-state index is 0.0651. The Morgan fingerprint density at radius 3 is 2.42 bits per heavy atom. The van der Waals surface area contributed by atoms with Crippen LogP contribution in [0.25, 0.3) is 10.2 Å². The highest BCUT2D eigenvalue weighted by Gasteiger charge is 2.22. The molecule has 5 aromatic rings. The second-order valence-corrected chi connectivity index (χ2v) is 9.54. The standard InChI is InChI=1S/C29H26N4O2S/c1-2-21-9-14-25-26(19-21)36-29(31-25)33(17-6-16-32-18-15-30-20-32)28(35)24-12-10-23(11-13-24)27(34)22-7-4-3-5-8-22/h3-5,7-15,18-20H,2,6,16-17H2,1H3. The van der Waals surface area contributed by atoms with Crippen molar-refractivity contribution < 1.29 is 9.59 Å². The molecule has 0 fully saturated rings. The fourth-order valence-corrected chi connectivity index (χ4v) is 5.14. The lowest BCUT2D eigenvalue weighted by Gasteiger charge is -2.20. The molecule has 1 amide bonds. The zero-order valence-corrected chi connectivity index (χ0v) is 20.8. The Hall–Kier alpha value is -4.10. The number of aromatic nitrogens is 3.